The molecule has 0 aliphatic carbocycles. The molecule has 2 rings (SSSR count). The van der Waals surface area contributed by atoms with Gasteiger partial charge in [-0.05, 0) is 24.0 Å². The molecule has 0 fully saturated rings. The first kappa shape index (κ1) is 31.4. The summed E-state index contributed by atoms with van der Waals surface area (Å²) in [5.74, 6) is -4.10. The normalized spacial score (nSPS) is 12.7. The molecule has 0 unspecified atom stereocenters. The molecule has 10 N–H and O–H groups in total. The van der Waals surface area contributed by atoms with Crippen LogP contribution in [-0.2, 0) is 41.6 Å². The Kier molecular flexibility index (Phi) is 12.8. The first-order valence-electron chi connectivity index (χ1n) is 12.6. The van der Waals surface area contributed by atoms with Crippen molar-refractivity contribution in [2.75, 3.05) is 13.1 Å². The van der Waals surface area contributed by atoms with Gasteiger partial charge in [-0.1, -0.05) is 60.7 Å². The number of rotatable bonds is 16. The summed E-state index contributed by atoms with van der Waals surface area (Å²) in [4.78, 5) is 72.8. The highest BCUT2D eigenvalue weighted by molar-refractivity contribution is 5.94. The van der Waals surface area contributed by atoms with E-state index in [-0.39, 0.29) is 19.3 Å². The number of carbonyl (C=O) groups excluding carboxylic acids is 6. The van der Waals surface area contributed by atoms with Gasteiger partial charge in [0.05, 0.1) is 19.1 Å². The van der Waals surface area contributed by atoms with Gasteiger partial charge in [-0.25, -0.2) is 0 Å². The van der Waals surface area contributed by atoms with Crippen LogP contribution in [0.25, 0.3) is 0 Å². The average Bonchev–Trinajstić information content (AvgIpc) is 2.93. The van der Waals surface area contributed by atoms with Gasteiger partial charge >= 0.3 is 0 Å². The molecule has 0 aromatic heterocycles. The summed E-state index contributed by atoms with van der Waals surface area (Å²) in [7, 11) is 0. The standard InChI is InChI=1S/C27H35N7O6/c28-19(13-17-7-3-1-4-8-17)26(39)32-15-23(36)31-16-24(37)33-21(14-18-9-5-2-6-10-18)27(40)34-20(25(30)38)11-12-22(29)35/h1-10,19-21H,11-16,28H2,(H2,29,35)(H2,30,38)(H,31,36)(H,32,39)(H,33,37)(H,34,40)/t19-,20-,21-/m0/s1. The van der Waals surface area contributed by atoms with Crippen LogP contribution < -0.4 is 38.5 Å². The molecule has 0 saturated carbocycles. The Morgan fingerprint density at radius 2 is 1.20 bits per heavy atom. The Morgan fingerprint density at radius 3 is 1.75 bits per heavy atom. The molecule has 0 bridgehead atoms. The van der Waals surface area contributed by atoms with E-state index in [9.17, 15) is 28.8 Å². The molecule has 0 aliphatic heterocycles. The lowest BCUT2D eigenvalue weighted by Crippen LogP contribution is -2.55. The van der Waals surface area contributed by atoms with Crippen LogP contribution >= 0.6 is 0 Å². The van der Waals surface area contributed by atoms with Crippen molar-refractivity contribution < 1.29 is 28.8 Å². The highest BCUT2D eigenvalue weighted by Gasteiger charge is 2.26. The topological polar surface area (TPSA) is 229 Å². The smallest absolute Gasteiger partial charge is 0.243 e. The Bertz CT molecular complexity index is 1180. The molecule has 13 heteroatoms. The second kappa shape index (κ2) is 16.2. The highest BCUT2D eigenvalue weighted by Crippen LogP contribution is 2.05. The molecule has 0 aliphatic rings. The molecular weight excluding hydrogens is 518 g/mol. The average molecular weight is 554 g/mol. The zero-order chi connectivity index (χ0) is 29.5. The molecule has 2 aromatic rings. The van der Waals surface area contributed by atoms with E-state index in [4.69, 9.17) is 17.2 Å². The lowest BCUT2D eigenvalue weighted by Gasteiger charge is -2.22. The number of benzene rings is 2. The highest BCUT2D eigenvalue weighted by atomic mass is 16.2. The number of amides is 6. The molecule has 40 heavy (non-hydrogen) atoms. The van der Waals surface area contributed by atoms with Crippen molar-refractivity contribution >= 4 is 35.4 Å². The SMILES string of the molecule is NC(=O)CC[C@H](NC(=O)[C@H](Cc1ccccc1)NC(=O)CNC(=O)CNC(=O)[C@@H](N)Cc1ccccc1)C(N)=O. The fourth-order valence-electron chi connectivity index (χ4n) is 3.65. The van der Waals surface area contributed by atoms with E-state index in [1.54, 1.807) is 30.3 Å². The number of primary amides is 2. The third-order valence-electron chi connectivity index (χ3n) is 5.78. The van der Waals surface area contributed by atoms with Crippen LogP contribution in [0.1, 0.15) is 24.0 Å². The Labute approximate surface area is 231 Å². The van der Waals surface area contributed by atoms with E-state index in [0.29, 0.717) is 12.0 Å². The van der Waals surface area contributed by atoms with Crippen molar-refractivity contribution in [3.05, 3.63) is 71.8 Å². The fraction of sp³-hybridized carbons (Fsp3) is 0.333. The lowest BCUT2D eigenvalue weighted by molar-refractivity contribution is -0.132. The van der Waals surface area contributed by atoms with Crippen LogP contribution in [0.2, 0.25) is 0 Å². The maximum Gasteiger partial charge on any atom is 0.243 e. The molecule has 6 amide bonds. The fourth-order valence-corrected chi connectivity index (χ4v) is 3.65. The van der Waals surface area contributed by atoms with Crippen LogP contribution in [-0.4, -0.2) is 66.7 Å². The first-order chi connectivity index (χ1) is 19.0. The van der Waals surface area contributed by atoms with Gasteiger partial charge in [0.2, 0.25) is 35.4 Å². The predicted molar refractivity (Wildman–Crippen MR) is 146 cm³/mol. The van der Waals surface area contributed by atoms with Crippen molar-refractivity contribution in [2.45, 2.75) is 43.8 Å². The largest absolute Gasteiger partial charge is 0.370 e. The summed E-state index contributed by atoms with van der Waals surface area (Å²) in [5.41, 5.74) is 17.9. The van der Waals surface area contributed by atoms with Crippen molar-refractivity contribution in [1.82, 2.24) is 21.3 Å². The zero-order valence-electron chi connectivity index (χ0n) is 21.9. The number of hydrogen-bond donors (Lipinski definition) is 7. The third-order valence-corrected chi connectivity index (χ3v) is 5.78. The second-order valence-electron chi connectivity index (χ2n) is 9.07. The van der Waals surface area contributed by atoms with Crippen molar-refractivity contribution in [1.29, 1.82) is 0 Å². The van der Waals surface area contributed by atoms with Gasteiger partial charge in [0.15, 0.2) is 0 Å². The molecule has 0 spiro atoms. The van der Waals surface area contributed by atoms with Crippen molar-refractivity contribution in [3.63, 3.8) is 0 Å². The van der Waals surface area contributed by atoms with Crippen LogP contribution in [0.5, 0.6) is 0 Å². The molecule has 13 nitrogen and oxygen atoms in total. The summed E-state index contributed by atoms with van der Waals surface area (Å²) in [6.07, 6.45) is 0.0895. The summed E-state index contributed by atoms with van der Waals surface area (Å²) < 4.78 is 0. The van der Waals surface area contributed by atoms with Crippen LogP contribution in [0.3, 0.4) is 0 Å². The minimum absolute atomic E-state index is 0.0724. The number of nitrogens with one attached hydrogen (secondary N) is 4. The maximum absolute atomic E-state index is 13.0. The molecule has 2 aromatic carbocycles. The summed E-state index contributed by atoms with van der Waals surface area (Å²) in [5, 5.41) is 9.75. The van der Waals surface area contributed by atoms with Crippen LogP contribution in [0, 0.1) is 0 Å². The monoisotopic (exact) mass is 553 g/mol. The maximum atomic E-state index is 13.0. The summed E-state index contributed by atoms with van der Waals surface area (Å²) in [6, 6.07) is 14.8. The van der Waals surface area contributed by atoms with Gasteiger partial charge in [0.25, 0.3) is 0 Å². The minimum Gasteiger partial charge on any atom is -0.370 e. The molecule has 0 radical (unpaired) electrons. The van der Waals surface area contributed by atoms with Gasteiger partial charge in [0, 0.05) is 12.8 Å². The molecule has 214 valence electrons. The van der Waals surface area contributed by atoms with E-state index >= 15 is 0 Å². The van der Waals surface area contributed by atoms with Crippen LogP contribution in [0.4, 0.5) is 0 Å². The lowest BCUT2D eigenvalue weighted by atomic mass is 10.0. The van der Waals surface area contributed by atoms with Crippen molar-refractivity contribution in [2.24, 2.45) is 17.2 Å². The Hall–Kier alpha value is -4.78. The number of carbonyl (C=O) groups is 6. The van der Waals surface area contributed by atoms with E-state index in [1.807, 2.05) is 30.3 Å². The predicted octanol–water partition coefficient (Wildman–Crippen LogP) is -2.25. The van der Waals surface area contributed by atoms with Crippen molar-refractivity contribution in [3.8, 4) is 0 Å². The van der Waals surface area contributed by atoms with Gasteiger partial charge in [-0.2, -0.15) is 0 Å². The quantitative estimate of drug-likeness (QED) is 0.121. The molecule has 0 heterocycles. The van der Waals surface area contributed by atoms with E-state index in [0.717, 1.165) is 5.56 Å². The zero-order valence-corrected chi connectivity index (χ0v) is 21.9. The summed E-state index contributed by atoms with van der Waals surface area (Å²) in [6.45, 7) is -0.882. The summed E-state index contributed by atoms with van der Waals surface area (Å²) >= 11 is 0. The number of hydrogen-bond acceptors (Lipinski definition) is 7. The van der Waals surface area contributed by atoms with Gasteiger partial charge in [-0.15, -0.1) is 0 Å². The Morgan fingerprint density at radius 1 is 0.650 bits per heavy atom. The van der Waals surface area contributed by atoms with Crippen LogP contribution in [0.15, 0.2) is 60.7 Å². The van der Waals surface area contributed by atoms with Gasteiger partial charge in [0.1, 0.15) is 12.1 Å². The van der Waals surface area contributed by atoms with Gasteiger partial charge in [-0.3, -0.25) is 28.8 Å². The van der Waals surface area contributed by atoms with E-state index in [1.165, 1.54) is 0 Å². The van der Waals surface area contributed by atoms with E-state index < -0.39 is 66.7 Å². The first-order valence-corrected chi connectivity index (χ1v) is 12.6. The van der Waals surface area contributed by atoms with Gasteiger partial charge < -0.3 is 38.5 Å². The minimum atomic E-state index is -1.17. The van der Waals surface area contributed by atoms with E-state index in [2.05, 4.69) is 21.3 Å². The number of nitrogens with two attached hydrogens (primary N) is 3. The second-order valence-corrected chi connectivity index (χ2v) is 9.07. The third kappa shape index (κ3) is 11.7. The molecular formula is C27H35N7O6. The Balaban J connectivity index is 1.90. The molecule has 0 saturated heterocycles. The molecule has 3 atom stereocenters.